The quantitative estimate of drug-likeness (QED) is 0.551. The fourth-order valence-electron chi connectivity index (χ4n) is 2.93. The number of rotatable bonds is 8. The lowest BCUT2D eigenvalue weighted by molar-refractivity contribution is 0.354. The smallest absolute Gasteiger partial charge is 0.191 e. The summed E-state index contributed by atoms with van der Waals surface area (Å²) in [6.07, 6.45) is 1.01. The van der Waals surface area contributed by atoms with E-state index in [-0.39, 0.29) is 5.41 Å². The van der Waals surface area contributed by atoms with Gasteiger partial charge in [0.2, 0.25) is 0 Å². The first-order valence-corrected chi connectivity index (χ1v) is 9.17. The summed E-state index contributed by atoms with van der Waals surface area (Å²) in [6.45, 7) is 6.00. The van der Waals surface area contributed by atoms with Crippen LogP contribution in [0.25, 0.3) is 0 Å². The molecule has 0 saturated heterocycles. The highest BCUT2D eigenvalue weighted by Gasteiger charge is 2.19. The van der Waals surface area contributed by atoms with Crippen molar-refractivity contribution in [3.63, 3.8) is 0 Å². The third-order valence-corrected chi connectivity index (χ3v) is 4.39. The second-order valence-corrected chi connectivity index (χ2v) is 7.30. The monoisotopic (exact) mass is 369 g/mol. The molecule has 5 heteroatoms. The van der Waals surface area contributed by atoms with Gasteiger partial charge < -0.3 is 20.1 Å². The highest BCUT2D eigenvalue weighted by atomic mass is 16.5. The van der Waals surface area contributed by atoms with Gasteiger partial charge in [-0.05, 0) is 35.1 Å². The predicted molar refractivity (Wildman–Crippen MR) is 112 cm³/mol. The summed E-state index contributed by atoms with van der Waals surface area (Å²) in [6, 6.07) is 16.5. The van der Waals surface area contributed by atoms with Gasteiger partial charge in [0.15, 0.2) is 17.5 Å². The van der Waals surface area contributed by atoms with E-state index in [1.165, 1.54) is 5.56 Å². The molecule has 0 aromatic heterocycles. The van der Waals surface area contributed by atoms with Crippen molar-refractivity contribution < 1.29 is 9.47 Å². The highest BCUT2D eigenvalue weighted by molar-refractivity contribution is 5.79. The first-order valence-electron chi connectivity index (χ1n) is 9.17. The molecule has 0 fully saturated rings. The molecule has 27 heavy (non-hydrogen) atoms. The standard InChI is InChI=1S/C22H31N3O2/c1-22(2,14-17-9-7-6-8-10-17)16-25-21(23-3)24-15-18-11-12-19(26-4)20(13-18)27-5/h6-13H,14-16H2,1-5H3,(H2,23,24,25). The van der Waals surface area contributed by atoms with E-state index in [1.807, 2.05) is 18.2 Å². The fraction of sp³-hybridized carbons (Fsp3) is 0.409. The Morgan fingerprint density at radius 2 is 1.63 bits per heavy atom. The number of benzene rings is 2. The number of methoxy groups -OCH3 is 2. The Bertz CT molecular complexity index is 742. The molecule has 0 aliphatic rings. The van der Waals surface area contributed by atoms with Gasteiger partial charge in [0, 0.05) is 20.1 Å². The van der Waals surface area contributed by atoms with Crippen molar-refractivity contribution in [3.05, 3.63) is 59.7 Å². The predicted octanol–water partition coefficient (Wildman–Crippen LogP) is 3.64. The van der Waals surface area contributed by atoms with Crippen LogP contribution >= 0.6 is 0 Å². The molecule has 0 aliphatic carbocycles. The van der Waals surface area contributed by atoms with Gasteiger partial charge in [-0.25, -0.2) is 0 Å². The molecule has 0 aliphatic heterocycles. The van der Waals surface area contributed by atoms with E-state index in [1.54, 1.807) is 21.3 Å². The van der Waals surface area contributed by atoms with Crippen LogP contribution < -0.4 is 20.1 Å². The van der Waals surface area contributed by atoms with Crippen LogP contribution in [0.4, 0.5) is 0 Å². The van der Waals surface area contributed by atoms with Crippen molar-refractivity contribution in [1.82, 2.24) is 10.6 Å². The molecule has 2 aromatic carbocycles. The van der Waals surface area contributed by atoms with Crippen molar-refractivity contribution in [3.8, 4) is 11.5 Å². The van der Waals surface area contributed by atoms with Gasteiger partial charge in [-0.1, -0.05) is 50.2 Å². The van der Waals surface area contributed by atoms with Crippen molar-refractivity contribution >= 4 is 5.96 Å². The number of nitrogens with zero attached hydrogens (tertiary/aromatic N) is 1. The van der Waals surface area contributed by atoms with E-state index in [2.05, 4.69) is 59.8 Å². The number of nitrogens with one attached hydrogen (secondary N) is 2. The largest absolute Gasteiger partial charge is 0.493 e. The van der Waals surface area contributed by atoms with Crippen molar-refractivity contribution in [2.24, 2.45) is 10.4 Å². The summed E-state index contributed by atoms with van der Waals surface area (Å²) in [7, 11) is 5.07. The van der Waals surface area contributed by atoms with E-state index in [0.29, 0.717) is 6.54 Å². The number of hydrogen-bond donors (Lipinski definition) is 2. The van der Waals surface area contributed by atoms with Gasteiger partial charge in [0.05, 0.1) is 14.2 Å². The zero-order chi connectivity index (χ0) is 19.7. The molecule has 0 bridgehead atoms. The lowest BCUT2D eigenvalue weighted by Gasteiger charge is -2.26. The van der Waals surface area contributed by atoms with Crippen LogP contribution in [0, 0.1) is 5.41 Å². The summed E-state index contributed by atoms with van der Waals surface area (Å²) in [5.41, 5.74) is 2.55. The summed E-state index contributed by atoms with van der Waals surface area (Å²) < 4.78 is 10.6. The fourth-order valence-corrected chi connectivity index (χ4v) is 2.93. The normalized spacial score (nSPS) is 11.8. The Morgan fingerprint density at radius 1 is 0.926 bits per heavy atom. The van der Waals surface area contributed by atoms with Crippen LogP contribution in [0.5, 0.6) is 11.5 Å². The van der Waals surface area contributed by atoms with Crippen LogP contribution in [-0.4, -0.2) is 33.8 Å². The lowest BCUT2D eigenvalue weighted by Crippen LogP contribution is -2.42. The molecule has 146 valence electrons. The van der Waals surface area contributed by atoms with Crippen LogP contribution in [0.2, 0.25) is 0 Å². The van der Waals surface area contributed by atoms with Crippen molar-refractivity contribution in [2.45, 2.75) is 26.8 Å². The third-order valence-electron chi connectivity index (χ3n) is 4.39. The van der Waals surface area contributed by atoms with Gasteiger partial charge in [-0.2, -0.15) is 0 Å². The molecular formula is C22H31N3O2. The number of aliphatic imine (C=N–C) groups is 1. The topological polar surface area (TPSA) is 54.9 Å². The van der Waals surface area contributed by atoms with Gasteiger partial charge >= 0.3 is 0 Å². The minimum absolute atomic E-state index is 0.113. The second-order valence-electron chi connectivity index (χ2n) is 7.30. The summed E-state index contributed by atoms with van der Waals surface area (Å²) >= 11 is 0. The van der Waals surface area contributed by atoms with Crippen LogP contribution in [-0.2, 0) is 13.0 Å². The molecule has 0 unspecified atom stereocenters. The Morgan fingerprint density at radius 3 is 2.26 bits per heavy atom. The first kappa shape index (κ1) is 20.6. The maximum atomic E-state index is 5.36. The molecule has 0 saturated carbocycles. The molecule has 0 radical (unpaired) electrons. The Balaban J connectivity index is 1.88. The molecule has 0 heterocycles. The van der Waals surface area contributed by atoms with E-state index in [0.717, 1.165) is 36.0 Å². The summed E-state index contributed by atoms with van der Waals surface area (Å²) in [4.78, 5) is 4.33. The van der Waals surface area contributed by atoms with Crippen molar-refractivity contribution in [2.75, 3.05) is 27.8 Å². The number of hydrogen-bond acceptors (Lipinski definition) is 3. The van der Waals surface area contributed by atoms with Crippen LogP contribution in [0.3, 0.4) is 0 Å². The zero-order valence-electron chi connectivity index (χ0n) is 17.0. The average molecular weight is 370 g/mol. The number of guanidine groups is 1. The van der Waals surface area contributed by atoms with E-state index < -0.39 is 0 Å². The molecule has 2 N–H and O–H groups in total. The summed E-state index contributed by atoms with van der Waals surface area (Å²) in [5.74, 6) is 2.24. The van der Waals surface area contributed by atoms with E-state index in [4.69, 9.17) is 9.47 Å². The van der Waals surface area contributed by atoms with Gasteiger partial charge in [0.25, 0.3) is 0 Å². The maximum Gasteiger partial charge on any atom is 0.191 e. The zero-order valence-corrected chi connectivity index (χ0v) is 17.0. The second kappa shape index (κ2) is 9.86. The lowest BCUT2D eigenvalue weighted by atomic mass is 9.86. The van der Waals surface area contributed by atoms with E-state index in [9.17, 15) is 0 Å². The molecule has 0 spiro atoms. The Kier molecular flexibility index (Phi) is 7.53. The Labute approximate surface area is 162 Å². The first-order chi connectivity index (χ1) is 13.0. The van der Waals surface area contributed by atoms with Crippen LogP contribution in [0.1, 0.15) is 25.0 Å². The van der Waals surface area contributed by atoms with Gasteiger partial charge in [-0.15, -0.1) is 0 Å². The molecular weight excluding hydrogens is 338 g/mol. The SMILES string of the molecule is CN=C(NCc1ccc(OC)c(OC)c1)NCC(C)(C)Cc1ccccc1. The molecule has 2 rings (SSSR count). The molecule has 0 amide bonds. The number of ether oxygens (including phenoxy) is 2. The highest BCUT2D eigenvalue weighted by Crippen LogP contribution is 2.27. The summed E-state index contributed by atoms with van der Waals surface area (Å²) in [5, 5.41) is 6.79. The van der Waals surface area contributed by atoms with Crippen LogP contribution in [0.15, 0.2) is 53.5 Å². The van der Waals surface area contributed by atoms with Gasteiger partial charge in [-0.3, -0.25) is 4.99 Å². The molecule has 0 atom stereocenters. The minimum atomic E-state index is 0.113. The Hall–Kier alpha value is -2.69. The van der Waals surface area contributed by atoms with Gasteiger partial charge in [0.1, 0.15) is 0 Å². The minimum Gasteiger partial charge on any atom is -0.493 e. The molecule has 2 aromatic rings. The molecule has 5 nitrogen and oxygen atoms in total. The van der Waals surface area contributed by atoms with Crippen molar-refractivity contribution in [1.29, 1.82) is 0 Å². The average Bonchev–Trinajstić information content (AvgIpc) is 2.68. The maximum absolute atomic E-state index is 5.36. The third kappa shape index (κ3) is 6.51. The van der Waals surface area contributed by atoms with E-state index >= 15 is 0 Å².